The van der Waals surface area contributed by atoms with Crippen LogP contribution < -0.4 is 5.56 Å². The molecule has 4 aromatic rings. The van der Waals surface area contributed by atoms with Gasteiger partial charge in [0.2, 0.25) is 0 Å². The molecule has 0 amide bonds. The van der Waals surface area contributed by atoms with Crippen molar-refractivity contribution in [3.05, 3.63) is 92.7 Å². The van der Waals surface area contributed by atoms with Crippen LogP contribution in [-0.2, 0) is 21.1 Å². The fourth-order valence-corrected chi connectivity index (χ4v) is 6.09. The minimum absolute atomic E-state index is 0.00973. The molecule has 164 valence electrons. The number of hydrogen-bond donors (Lipinski definition) is 0. The molecule has 0 unspecified atom stereocenters. The summed E-state index contributed by atoms with van der Waals surface area (Å²) in [7, 11) is -3.84. The summed E-state index contributed by atoms with van der Waals surface area (Å²) in [6.45, 7) is 0. The van der Waals surface area contributed by atoms with Crippen molar-refractivity contribution in [1.82, 2.24) is 4.57 Å². The van der Waals surface area contributed by atoms with Gasteiger partial charge in [-0.15, -0.1) is 11.3 Å². The number of fused-ring (bicyclic) bond motifs is 1. The van der Waals surface area contributed by atoms with Crippen LogP contribution >= 0.6 is 22.9 Å². The molecule has 0 saturated heterocycles. The lowest BCUT2D eigenvalue weighted by Gasteiger charge is -2.10. The largest absolute Gasteiger partial charge is 0.298 e. The number of pyridine rings is 1. The van der Waals surface area contributed by atoms with Crippen molar-refractivity contribution in [2.24, 2.45) is 0 Å². The van der Waals surface area contributed by atoms with Crippen LogP contribution in [0.3, 0.4) is 0 Å². The fraction of sp³-hybridized carbons (Fsp3) is 0.0909. The van der Waals surface area contributed by atoms with Gasteiger partial charge >= 0.3 is 0 Å². The number of ketones is 1. The van der Waals surface area contributed by atoms with Gasteiger partial charge in [0.1, 0.15) is 21.6 Å². The van der Waals surface area contributed by atoms with E-state index in [-0.39, 0.29) is 27.3 Å². The molecule has 0 radical (unpaired) electrons. The number of halogens is 3. The van der Waals surface area contributed by atoms with E-state index in [0.717, 1.165) is 28.0 Å². The Bertz CT molecular complexity index is 1530. The van der Waals surface area contributed by atoms with Crippen molar-refractivity contribution >= 4 is 49.3 Å². The Balaban J connectivity index is 1.58. The first kappa shape index (κ1) is 22.3. The van der Waals surface area contributed by atoms with Gasteiger partial charge in [0, 0.05) is 12.6 Å². The van der Waals surface area contributed by atoms with Crippen LogP contribution in [-0.4, -0.2) is 24.5 Å². The third kappa shape index (κ3) is 4.50. The van der Waals surface area contributed by atoms with E-state index < -0.39 is 38.6 Å². The molecule has 2 aromatic heterocycles. The average molecular weight is 494 g/mol. The molecule has 0 aliphatic carbocycles. The highest BCUT2D eigenvalue weighted by molar-refractivity contribution is 7.94. The van der Waals surface area contributed by atoms with Crippen molar-refractivity contribution in [1.29, 1.82) is 0 Å². The summed E-state index contributed by atoms with van der Waals surface area (Å²) in [6.07, 6.45) is 1.08. The summed E-state index contributed by atoms with van der Waals surface area (Å²) in [4.78, 5) is 25.0. The first-order valence-electron chi connectivity index (χ1n) is 9.23. The second kappa shape index (κ2) is 8.57. The molecule has 2 heterocycles. The smallest absolute Gasteiger partial charge is 0.263 e. The van der Waals surface area contributed by atoms with Crippen LogP contribution in [0.15, 0.2) is 69.8 Å². The van der Waals surface area contributed by atoms with Crippen molar-refractivity contribution in [2.45, 2.75) is 10.6 Å². The molecular formula is C22H14ClF2NO4S2. The van der Waals surface area contributed by atoms with E-state index in [1.807, 2.05) is 0 Å². The Labute approximate surface area is 190 Å². The second-order valence-corrected chi connectivity index (χ2v) is 11.0. The van der Waals surface area contributed by atoms with Crippen molar-refractivity contribution < 1.29 is 22.0 Å². The van der Waals surface area contributed by atoms with Gasteiger partial charge in [-0.2, -0.15) is 0 Å². The number of nitrogens with zero attached hydrogens (tertiary/aromatic N) is 1. The minimum atomic E-state index is -3.84. The van der Waals surface area contributed by atoms with E-state index in [4.69, 9.17) is 11.6 Å². The highest BCUT2D eigenvalue weighted by Gasteiger charge is 2.22. The Kier molecular flexibility index (Phi) is 5.98. The Morgan fingerprint density at radius 1 is 1.03 bits per heavy atom. The maximum atomic E-state index is 14.8. The van der Waals surface area contributed by atoms with E-state index in [1.54, 1.807) is 6.07 Å². The van der Waals surface area contributed by atoms with Crippen molar-refractivity contribution in [3.8, 4) is 5.69 Å². The first-order chi connectivity index (χ1) is 15.1. The van der Waals surface area contributed by atoms with Crippen LogP contribution in [0.1, 0.15) is 5.56 Å². The lowest BCUT2D eigenvalue weighted by Crippen LogP contribution is -2.19. The summed E-state index contributed by atoms with van der Waals surface area (Å²) in [5, 5.41) is 0.619. The van der Waals surface area contributed by atoms with Gasteiger partial charge in [0.15, 0.2) is 15.6 Å². The predicted octanol–water partition coefficient (Wildman–Crippen LogP) is 4.57. The Hall–Kier alpha value is -2.88. The Morgan fingerprint density at radius 3 is 2.50 bits per heavy atom. The molecule has 32 heavy (non-hydrogen) atoms. The number of hydrogen-bond acceptors (Lipinski definition) is 5. The summed E-state index contributed by atoms with van der Waals surface area (Å²) in [5.41, 5.74) is -0.404. The molecule has 5 nitrogen and oxygen atoms in total. The zero-order chi connectivity index (χ0) is 23.0. The summed E-state index contributed by atoms with van der Waals surface area (Å²) in [5.74, 6) is -2.70. The number of sulfone groups is 1. The zero-order valence-corrected chi connectivity index (χ0v) is 18.6. The first-order valence-corrected chi connectivity index (χ1v) is 12.1. The normalized spacial score (nSPS) is 11.7. The summed E-state index contributed by atoms with van der Waals surface area (Å²) < 4.78 is 54.3. The second-order valence-electron chi connectivity index (χ2n) is 7.04. The maximum Gasteiger partial charge on any atom is 0.263 e. The van der Waals surface area contributed by atoms with E-state index in [0.29, 0.717) is 9.72 Å². The lowest BCUT2D eigenvalue weighted by atomic mass is 10.1. The van der Waals surface area contributed by atoms with Gasteiger partial charge in [0.25, 0.3) is 5.56 Å². The van der Waals surface area contributed by atoms with Crippen LogP contribution in [0.2, 0.25) is 4.34 Å². The van der Waals surface area contributed by atoms with Crippen molar-refractivity contribution in [3.63, 3.8) is 0 Å². The van der Waals surface area contributed by atoms with Crippen LogP contribution in [0.4, 0.5) is 8.78 Å². The molecule has 0 N–H and O–H groups in total. The molecule has 0 fully saturated rings. The zero-order valence-electron chi connectivity index (χ0n) is 16.2. The number of carbonyl (C=O) groups is 1. The van der Waals surface area contributed by atoms with E-state index in [9.17, 15) is 26.8 Å². The van der Waals surface area contributed by atoms with Crippen LogP contribution in [0, 0.1) is 11.6 Å². The molecule has 0 saturated carbocycles. The molecular weight excluding hydrogens is 480 g/mol. The third-order valence-corrected chi connectivity index (χ3v) is 8.24. The fourth-order valence-electron chi connectivity index (χ4n) is 3.28. The predicted molar refractivity (Wildman–Crippen MR) is 120 cm³/mol. The number of Topliss-reactive ketones (excluding diaryl/α,β-unsaturated/α-hetero) is 1. The van der Waals surface area contributed by atoms with Crippen molar-refractivity contribution in [2.75, 3.05) is 5.75 Å². The molecule has 0 aliphatic rings. The molecule has 0 bridgehead atoms. The standard InChI is InChI=1S/C22H14ClF2NO4S2/c23-20-5-6-21(31-20)32(29,30)12-16(27)9-13-1-4-19(18(25)10-13)26-8-7-14-2-3-15(24)11-17(14)22(26)28/h1-8,10-11H,9,12H2. The molecule has 0 spiro atoms. The topological polar surface area (TPSA) is 73.2 Å². The summed E-state index contributed by atoms with van der Waals surface area (Å²) in [6, 6.07) is 11.9. The summed E-state index contributed by atoms with van der Waals surface area (Å²) >= 11 is 6.61. The number of rotatable bonds is 6. The van der Waals surface area contributed by atoms with Gasteiger partial charge in [0.05, 0.1) is 15.4 Å². The van der Waals surface area contributed by atoms with Gasteiger partial charge in [-0.1, -0.05) is 23.7 Å². The van der Waals surface area contributed by atoms with Gasteiger partial charge in [-0.05, 0) is 53.4 Å². The molecule has 0 aliphatic heterocycles. The van der Waals surface area contributed by atoms with E-state index in [1.165, 1.54) is 42.6 Å². The average Bonchev–Trinajstić information content (AvgIpc) is 3.16. The SMILES string of the molecule is O=C(Cc1ccc(-n2ccc3ccc(F)cc3c2=O)c(F)c1)CS(=O)(=O)c1ccc(Cl)s1. The number of benzene rings is 2. The van der Waals surface area contributed by atoms with E-state index in [2.05, 4.69) is 0 Å². The molecule has 10 heteroatoms. The molecule has 2 aromatic carbocycles. The molecule has 0 atom stereocenters. The number of aromatic nitrogens is 1. The quantitative estimate of drug-likeness (QED) is 0.394. The monoisotopic (exact) mass is 493 g/mol. The maximum absolute atomic E-state index is 14.8. The van der Waals surface area contributed by atoms with Crippen LogP contribution in [0.25, 0.3) is 16.5 Å². The highest BCUT2D eigenvalue weighted by atomic mass is 35.5. The minimum Gasteiger partial charge on any atom is -0.298 e. The molecule has 4 rings (SSSR count). The van der Waals surface area contributed by atoms with Gasteiger partial charge in [-0.3, -0.25) is 14.2 Å². The number of thiophene rings is 1. The van der Waals surface area contributed by atoms with Gasteiger partial charge < -0.3 is 0 Å². The Morgan fingerprint density at radius 2 is 1.81 bits per heavy atom. The third-order valence-electron chi connectivity index (χ3n) is 4.75. The van der Waals surface area contributed by atoms with Gasteiger partial charge in [-0.25, -0.2) is 17.2 Å². The van der Waals surface area contributed by atoms with Crippen LogP contribution in [0.5, 0.6) is 0 Å². The number of carbonyl (C=O) groups excluding carboxylic acids is 1. The van der Waals surface area contributed by atoms with E-state index >= 15 is 0 Å². The highest BCUT2D eigenvalue weighted by Crippen LogP contribution is 2.26. The lowest BCUT2D eigenvalue weighted by molar-refractivity contribution is -0.116.